The first-order valence-corrected chi connectivity index (χ1v) is 16.9. The van der Waals surface area contributed by atoms with Gasteiger partial charge in [0.1, 0.15) is 0 Å². The highest BCUT2D eigenvalue weighted by atomic mass is 15.1. The SMILES string of the molecule is c1ccc(-c2cc(-c3ccc(-c4cc5c6ccccc6ccc5c5ccccc45)cc3)ccc2N(c2ccccc2)c2ccccc2)cc1. The van der Waals surface area contributed by atoms with E-state index in [1.165, 1.54) is 65.7 Å². The number of hydrogen-bond donors (Lipinski definition) is 0. The zero-order valence-corrected chi connectivity index (χ0v) is 27.0. The van der Waals surface area contributed by atoms with E-state index in [-0.39, 0.29) is 0 Å². The molecule has 0 aliphatic carbocycles. The third-order valence-electron chi connectivity index (χ3n) is 9.65. The third-order valence-corrected chi connectivity index (χ3v) is 9.65. The normalized spacial score (nSPS) is 11.3. The second-order valence-electron chi connectivity index (χ2n) is 12.5. The number of anilines is 3. The summed E-state index contributed by atoms with van der Waals surface area (Å²) in [4.78, 5) is 2.35. The van der Waals surface area contributed by atoms with Crippen LogP contribution in [0.2, 0.25) is 0 Å². The summed E-state index contributed by atoms with van der Waals surface area (Å²) < 4.78 is 0. The lowest BCUT2D eigenvalue weighted by Crippen LogP contribution is -2.11. The minimum atomic E-state index is 1.12. The van der Waals surface area contributed by atoms with Crippen molar-refractivity contribution in [1.29, 1.82) is 0 Å². The van der Waals surface area contributed by atoms with Crippen molar-refractivity contribution in [3.63, 3.8) is 0 Å². The number of rotatable bonds is 6. The zero-order chi connectivity index (χ0) is 32.6. The molecule has 1 nitrogen and oxygen atoms in total. The van der Waals surface area contributed by atoms with Crippen molar-refractivity contribution in [3.8, 4) is 33.4 Å². The maximum Gasteiger partial charge on any atom is 0.0540 e. The molecule has 0 aromatic heterocycles. The molecule has 0 aliphatic rings. The van der Waals surface area contributed by atoms with Crippen molar-refractivity contribution in [3.05, 3.63) is 200 Å². The van der Waals surface area contributed by atoms with Gasteiger partial charge in [-0.1, -0.05) is 158 Å². The lowest BCUT2D eigenvalue weighted by atomic mass is 9.90. The van der Waals surface area contributed by atoms with Crippen LogP contribution in [0.25, 0.3) is 65.7 Å². The molecule has 0 atom stereocenters. The van der Waals surface area contributed by atoms with Crippen LogP contribution in [0.3, 0.4) is 0 Å². The summed E-state index contributed by atoms with van der Waals surface area (Å²) in [5, 5.41) is 7.70. The van der Waals surface area contributed by atoms with Crippen molar-refractivity contribution < 1.29 is 0 Å². The lowest BCUT2D eigenvalue weighted by molar-refractivity contribution is 1.28. The molecule has 0 bridgehead atoms. The largest absolute Gasteiger partial charge is 0.310 e. The lowest BCUT2D eigenvalue weighted by Gasteiger charge is -2.28. The molecule has 0 saturated heterocycles. The number of hydrogen-bond acceptors (Lipinski definition) is 1. The van der Waals surface area contributed by atoms with Crippen LogP contribution in [0.1, 0.15) is 0 Å². The highest BCUT2D eigenvalue weighted by Crippen LogP contribution is 2.43. The Morgan fingerprint density at radius 3 is 1.47 bits per heavy atom. The van der Waals surface area contributed by atoms with E-state index in [1.807, 2.05) is 0 Å². The summed E-state index contributed by atoms with van der Waals surface area (Å²) in [5.41, 5.74) is 10.6. The molecule has 1 heteroatoms. The van der Waals surface area contributed by atoms with Crippen LogP contribution in [-0.2, 0) is 0 Å². The first kappa shape index (κ1) is 28.8. The fourth-order valence-electron chi connectivity index (χ4n) is 7.28. The summed E-state index contributed by atoms with van der Waals surface area (Å²) in [7, 11) is 0. The highest BCUT2D eigenvalue weighted by molar-refractivity contribution is 6.21. The van der Waals surface area contributed by atoms with E-state index in [9.17, 15) is 0 Å². The number of benzene rings is 9. The van der Waals surface area contributed by atoms with Gasteiger partial charge in [-0.3, -0.25) is 0 Å². The predicted molar refractivity (Wildman–Crippen MR) is 210 cm³/mol. The standard InChI is InChI=1S/C48H33N/c1-4-14-35(15-5-1)46-32-38(29-31-48(46)49(39-17-6-2-7-18-39)40-19-8-3-9-20-40)34-24-26-37(27-25-34)45-33-47-41-21-11-10-16-36(41)28-30-44(47)42-22-12-13-23-43(42)45/h1-33H. The van der Waals surface area contributed by atoms with Crippen LogP contribution in [-0.4, -0.2) is 0 Å². The van der Waals surface area contributed by atoms with E-state index in [1.54, 1.807) is 0 Å². The molecule has 0 fully saturated rings. The minimum absolute atomic E-state index is 1.12. The van der Waals surface area contributed by atoms with Crippen LogP contribution < -0.4 is 4.90 Å². The first-order valence-electron chi connectivity index (χ1n) is 16.9. The average molecular weight is 624 g/mol. The van der Waals surface area contributed by atoms with Gasteiger partial charge in [0, 0.05) is 16.9 Å². The molecular formula is C48H33N. The van der Waals surface area contributed by atoms with Gasteiger partial charge in [-0.25, -0.2) is 0 Å². The van der Waals surface area contributed by atoms with Gasteiger partial charge in [0.05, 0.1) is 5.69 Å². The molecule has 49 heavy (non-hydrogen) atoms. The number of para-hydroxylation sites is 2. The summed E-state index contributed by atoms with van der Waals surface area (Å²) in [6, 6.07) is 72.3. The summed E-state index contributed by atoms with van der Waals surface area (Å²) in [6.45, 7) is 0. The molecule has 9 rings (SSSR count). The van der Waals surface area contributed by atoms with Gasteiger partial charge in [-0.15, -0.1) is 0 Å². The van der Waals surface area contributed by atoms with E-state index in [2.05, 4.69) is 205 Å². The molecule has 0 amide bonds. The zero-order valence-electron chi connectivity index (χ0n) is 27.0. The average Bonchev–Trinajstić information content (AvgIpc) is 3.19. The van der Waals surface area contributed by atoms with Gasteiger partial charge in [0.15, 0.2) is 0 Å². The predicted octanol–water partition coefficient (Wildman–Crippen LogP) is 13.6. The van der Waals surface area contributed by atoms with Crippen molar-refractivity contribution in [2.45, 2.75) is 0 Å². The highest BCUT2D eigenvalue weighted by Gasteiger charge is 2.18. The second-order valence-corrected chi connectivity index (χ2v) is 12.5. The van der Waals surface area contributed by atoms with E-state index >= 15 is 0 Å². The van der Waals surface area contributed by atoms with Gasteiger partial charge in [0.25, 0.3) is 0 Å². The van der Waals surface area contributed by atoms with Gasteiger partial charge < -0.3 is 4.90 Å². The Morgan fingerprint density at radius 2 is 0.776 bits per heavy atom. The van der Waals surface area contributed by atoms with E-state index in [0.29, 0.717) is 0 Å². The Hall–Kier alpha value is -6.44. The molecule has 0 radical (unpaired) electrons. The Bertz CT molecular complexity index is 2530. The van der Waals surface area contributed by atoms with Crippen LogP contribution in [0, 0.1) is 0 Å². The van der Waals surface area contributed by atoms with Crippen molar-refractivity contribution in [2.75, 3.05) is 4.90 Å². The van der Waals surface area contributed by atoms with Crippen LogP contribution in [0.15, 0.2) is 200 Å². The molecule has 0 spiro atoms. The van der Waals surface area contributed by atoms with Gasteiger partial charge in [-0.2, -0.15) is 0 Å². The molecule has 230 valence electrons. The van der Waals surface area contributed by atoms with Gasteiger partial charge in [-0.05, 0) is 103 Å². The summed E-state index contributed by atoms with van der Waals surface area (Å²) in [5.74, 6) is 0. The number of nitrogens with zero attached hydrogens (tertiary/aromatic N) is 1. The van der Waals surface area contributed by atoms with E-state index in [4.69, 9.17) is 0 Å². The molecule has 9 aromatic carbocycles. The fourth-order valence-corrected chi connectivity index (χ4v) is 7.28. The van der Waals surface area contributed by atoms with Crippen molar-refractivity contribution in [2.24, 2.45) is 0 Å². The quantitative estimate of drug-likeness (QED) is 0.167. The Balaban J connectivity index is 1.18. The van der Waals surface area contributed by atoms with Crippen LogP contribution in [0.4, 0.5) is 17.1 Å². The summed E-state index contributed by atoms with van der Waals surface area (Å²) in [6.07, 6.45) is 0. The third kappa shape index (κ3) is 5.23. The van der Waals surface area contributed by atoms with E-state index < -0.39 is 0 Å². The van der Waals surface area contributed by atoms with Crippen LogP contribution >= 0.6 is 0 Å². The van der Waals surface area contributed by atoms with Crippen molar-refractivity contribution >= 4 is 49.4 Å². The molecule has 0 N–H and O–H groups in total. The van der Waals surface area contributed by atoms with Gasteiger partial charge in [0.2, 0.25) is 0 Å². The number of fused-ring (bicyclic) bond motifs is 5. The molecule has 0 unspecified atom stereocenters. The maximum absolute atomic E-state index is 2.39. The van der Waals surface area contributed by atoms with E-state index in [0.717, 1.165) is 17.1 Å². The molecular weight excluding hydrogens is 591 g/mol. The second kappa shape index (κ2) is 12.3. The Labute approximate surface area is 287 Å². The Kier molecular flexibility index (Phi) is 7.22. The fraction of sp³-hybridized carbons (Fsp3) is 0. The first-order chi connectivity index (χ1) is 24.3. The maximum atomic E-state index is 2.39. The molecule has 0 heterocycles. The minimum Gasteiger partial charge on any atom is -0.310 e. The van der Waals surface area contributed by atoms with Crippen molar-refractivity contribution in [1.82, 2.24) is 0 Å². The monoisotopic (exact) mass is 623 g/mol. The Morgan fingerprint density at radius 1 is 0.265 bits per heavy atom. The topological polar surface area (TPSA) is 3.24 Å². The molecule has 0 saturated carbocycles. The molecule has 9 aromatic rings. The summed E-state index contributed by atoms with van der Waals surface area (Å²) >= 11 is 0. The smallest absolute Gasteiger partial charge is 0.0540 e. The van der Waals surface area contributed by atoms with Gasteiger partial charge >= 0.3 is 0 Å². The molecule has 0 aliphatic heterocycles. The van der Waals surface area contributed by atoms with Crippen LogP contribution in [0.5, 0.6) is 0 Å².